The van der Waals surface area contributed by atoms with Gasteiger partial charge in [-0.25, -0.2) is 0 Å². The van der Waals surface area contributed by atoms with E-state index in [-0.39, 0.29) is 24.4 Å². The summed E-state index contributed by atoms with van der Waals surface area (Å²) in [6.07, 6.45) is 0.438. The summed E-state index contributed by atoms with van der Waals surface area (Å²) in [7, 11) is 0. The number of benzene rings is 2. The van der Waals surface area contributed by atoms with Gasteiger partial charge in [0.15, 0.2) is 0 Å². The summed E-state index contributed by atoms with van der Waals surface area (Å²) >= 11 is 6.35. The van der Waals surface area contributed by atoms with Crippen LogP contribution in [0.15, 0.2) is 48.5 Å². The number of nitrogens with zero attached hydrogens (tertiary/aromatic N) is 1. The van der Waals surface area contributed by atoms with Crippen LogP contribution in [0.3, 0.4) is 0 Å². The summed E-state index contributed by atoms with van der Waals surface area (Å²) in [5.41, 5.74) is 3.26. The molecule has 5 heteroatoms. The number of carbonyl (C=O) groups is 1. The quantitative estimate of drug-likeness (QED) is 0.898. The number of halogens is 2. The van der Waals surface area contributed by atoms with Crippen LogP contribution in [0, 0.1) is 6.92 Å². The van der Waals surface area contributed by atoms with Gasteiger partial charge in [0.2, 0.25) is 5.91 Å². The Labute approximate surface area is 154 Å². The monoisotopic (exact) mass is 364 g/mol. The lowest BCUT2D eigenvalue weighted by molar-refractivity contribution is -0.133. The average Bonchev–Trinajstić information content (AvgIpc) is 2.57. The first-order chi connectivity index (χ1) is 11.2. The third-order valence-corrected chi connectivity index (χ3v) is 4.78. The SMILES string of the molecule is Cc1ccccc1CC(=O)N1CCNCC1c1ccccc1Cl.Cl. The van der Waals surface area contributed by atoms with Crippen molar-refractivity contribution in [3.8, 4) is 0 Å². The summed E-state index contributed by atoms with van der Waals surface area (Å²) in [6, 6.07) is 15.8. The highest BCUT2D eigenvalue weighted by molar-refractivity contribution is 6.31. The molecule has 0 radical (unpaired) electrons. The predicted octanol–water partition coefficient (Wildman–Crippen LogP) is 3.79. The van der Waals surface area contributed by atoms with Gasteiger partial charge in [-0.05, 0) is 29.7 Å². The molecule has 1 atom stereocenters. The summed E-state index contributed by atoms with van der Waals surface area (Å²) in [5, 5.41) is 4.09. The Bertz CT molecular complexity index is 705. The largest absolute Gasteiger partial charge is 0.333 e. The molecule has 3 nitrogen and oxygen atoms in total. The van der Waals surface area contributed by atoms with Crippen LogP contribution in [0.2, 0.25) is 5.02 Å². The van der Waals surface area contributed by atoms with Gasteiger partial charge in [-0.2, -0.15) is 0 Å². The maximum absolute atomic E-state index is 12.9. The summed E-state index contributed by atoms with van der Waals surface area (Å²) in [5.74, 6) is 0.158. The van der Waals surface area contributed by atoms with Crippen molar-refractivity contribution >= 4 is 29.9 Å². The molecule has 1 heterocycles. The number of carbonyl (C=O) groups excluding carboxylic acids is 1. The van der Waals surface area contributed by atoms with Crippen molar-refractivity contribution in [3.05, 3.63) is 70.2 Å². The molecule has 0 aromatic heterocycles. The van der Waals surface area contributed by atoms with Crippen molar-refractivity contribution in [2.45, 2.75) is 19.4 Å². The number of hydrogen-bond acceptors (Lipinski definition) is 2. The molecule has 1 fully saturated rings. The molecule has 1 saturated heterocycles. The van der Waals surface area contributed by atoms with Gasteiger partial charge < -0.3 is 10.2 Å². The van der Waals surface area contributed by atoms with E-state index < -0.39 is 0 Å². The molecule has 1 N–H and O–H groups in total. The fourth-order valence-corrected chi connectivity index (χ4v) is 3.36. The number of aryl methyl sites for hydroxylation is 1. The van der Waals surface area contributed by atoms with E-state index in [9.17, 15) is 4.79 Å². The third-order valence-electron chi connectivity index (χ3n) is 4.43. The van der Waals surface area contributed by atoms with E-state index in [4.69, 9.17) is 11.6 Å². The summed E-state index contributed by atoms with van der Waals surface area (Å²) in [4.78, 5) is 14.8. The lowest BCUT2D eigenvalue weighted by Gasteiger charge is -2.37. The summed E-state index contributed by atoms with van der Waals surface area (Å²) < 4.78 is 0. The Morgan fingerprint density at radius 3 is 2.67 bits per heavy atom. The van der Waals surface area contributed by atoms with Crippen LogP contribution in [0.4, 0.5) is 0 Å². The van der Waals surface area contributed by atoms with E-state index in [0.717, 1.165) is 34.8 Å². The topological polar surface area (TPSA) is 32.3 Å². The van der Waals surface area contributed by atoms with Crippen molar-refractivity contribution in [2.75, 3.05) is 19.6 Å². The Hall–Kier alpha value is -1.55. The number of nitrogens with one attached hydrogen (secondary N) is 1. The van der Waals surface area contributed by atoms with Gasteiger partial charge in [0.05, 0.1) is 12.5 Å². The zero-order chi connectivity index (χ0) is 16.2. The Balaban J connectivity index is 0.00000208. The van der Waals surface area contributed by atoms with Gasteiger partial charge in [-0.15, -0.1) is 12.4 Å². The first kappa shape index (κ1) is 18.8. The molecule has 1 aliphatic rings. The van der Waals surface area contributed by atoms with Gasteiger partial charge in [0, 0.05) is 24.7 Å². The molecule has 1 unspecified atom stereocenters. The first-order valence-electron chi connectivity index (χ1n) is 7.96. The van der Waals surface area contributed by atoms with Crippen LogP contribution >= 0.6 is 24.0 Å². The van der Waals surface area contributed by atoms with Crippen LogP contribution < -0.4 is 5.32 Å². The van der Waals surface area contributed by atoms with Gasteiger partial charge in [0.25, 0.3) is 0 Å². The molecule has 0 saturated carbocycles. The van der Waals surface area contributed by atoms with E-state index in [2.05, 4.69) is 5.32 Å². The highest BCUT2D eigenvalue weighted by Gasteiger charge is 2.29. The molecule has 1 aliphatic heterocycles. The van der Waals surface area contributed by atoms with Gasteiger partial charge in [-0.1, -0.05) is 54.1 Å². The minimum atomic E-state index is -0.00558. The second kappa shape index (κ2) is 8.52. The third kappa shape index (κ3) is 4.10. The molecular formula is C19H22Cl2N2O. The van der Waals surface area contributed by atoms with E-state index in [1.54, 1.807) is 0 Å². The minimum Gasteiger partial charge on any atom is -0.333 e. The molecule has 0 spiro atoms. The zero-order valence-corrected chi connectivity index (χ0v) is 15.2. The standard InChI is InChI=1S/C19H21ClN2O.ClH/c1-14-6-2-3-7-15(14)12-19(23)22-11-10-21-13-18(22)16-8-4-5-9-17(16)20;/h2-9,18,21H,10-13H2,1H3;1H. The van der Waals surface area contributed by atoms with Crippen LogP contribution in [0.25, 0.3) is 0 Å². The van der Waals surface area contributed by atoms with Crippen molar-refractivity contribution < 1.29 is 4.79 Å². The van der Waals surface area contributed by atoms with E-state index in [1.807, 2.05) is 60.4 Å². The Morgan fingerprint density at radius 1 is 1.21 bits per heavy atom. The summed E-state index contributed by atoms with van der Waals surface area (Å²) in [6.45, 7) is 4.32. The van der Waals surface area contributed by atoms with Crippen molar-refractivity contribution in [1.82, 2.24) is 10.2 Å². The molecule has 0 bridgehead atoms. The maximum atomic E-state index is 12.9. The van der Waals surface area contributed by atoms with Gasteiger partial charge in [0.1, 0.15) is 0 Å². The minimum absolute atomic E-state index is 0. The lowest BCUT2D eigenvalue weighted by Crippen LogP contribution is -2.49. The molecule has 2 aromatic carbocycles. The molecule has 0 aliphatic carbocycles. The number of amides is 1. The van der Waals surface area contributed by atoms with Crippen LogP contribution in [-0.4, -0.2) is 30.4 Å². The highest BCUT2D eigenvalue weighted by atomic mass is 35.5. The van der Waals surface area contributed by atoms with Gasteiger partial charge in [-0.3, -0.25) is 4.79 Å². The smallest absolute Gasteiger partial charge is 0.227 e. The fourth-order valence-electron chi connectivity index (χ4n) is 3.10. The first-order valence-corrected chi connectivity index (χ1v) is 8.33. The number of piperazine rings is 1. The normalized spacial score (nSPS) is 17.2. The molecule has 3 rings (SSSR count). The zero-order valence-electron chi connectivity index (χ0n) is 13.7. The van der Waals surface area contributed by atoms with Crippen LogP contribution in [0.1, 0.15) is 22.7 Å². The number of hydrogen-bond donors (Lipinski definition) is 1. The van der Waals surface area contributed by atoms with Crippen LogP contribution in [0.5, 0.6) is 0 Å². The number of rotatable bonds is 3. The predicted molar refractivity (Wildman–Crippen MR) is 101 cm³/mol. The van der Waals surface area contributed by atoms with E-state index in [0.29, 0.717) is 13.0 Å². The molecule has 1 amide bonds. The molecule has 2 aromatic rings. The second-order valence-corrected chi connectivity index (χ2v) is 6.34. The van der Waals surface area contributed by atoms with Crippen molar-refractivity contribution in [3.63, 3.8) is 0 Å². The Kier molecular flexibility index (Phi) is 6.67. The van der Waals surface area contributed by atoms with Gasteiger partial charge >= 0.3 is 0 Å². The van der Waals surface area contributed by atoms with Crippen molar-refractivity contribution in [2.24, 2.45) is 0 Å². The molecule has 24 heavy (non-hydrogen) atoms. The Morgan fingerprint density at radius 2 is 1.92 bits per heavy atom. The fraction of sp³-hybridized carbons (Fsp3) is 0.316. The second-order valence-electron chi connectivity index (χ2n) is 5.93. The van der Waals surface area contributed by atoms with Crippen LogP contribution in [-0.2, 0) is 11.2 Å². The maximum Gasteiger partial charge on any atom is 0.227 e. The van der Waals surface area contributed by atoms with Crippen molar-refractivity contribution in [1.29, 1.82) is 0 Å². The van der Waals surface area contributed by atoms with E-state index in [1.165, 1.54) is 0 Å². The van der Waals surface area contributed by atoms with E-state index >= 15 is 0 Å². The molecule has 128 valence electrons. The highest BCUT2D eigenvalue weighted by Crippen LogP contribution is 2.29. The average molecular weight is 365 g/mol. The molecular weight excluding hydrogens is 343 g/mol. The lowest BCUT2D eigenvalue weighted by atomic mass is 10.0.